The molecule has 0 spiro atoms. The summed E-state index contributed by atoms with van der Waals surface area (Å²) in [6, 6.07) is 17.9. The lowest BCUT2D eigenvalue weighted by Crippen LogP contribution is -2.40. The van der Waals surface area contributed by atoms with E-state index in [0.717, 1.165) is 14.9 Å². The zero-order valence-electron chi connectivity index (χ0n) is 19.2. The van der Waals surface area contributed by atoms with Crippen LogP contribution in [-0.4, -0.2) is 22.6 Å². The monoisotopic (exact) mass is 543 g/mol. The molecule has 178 valence electrons. The van der Waals surface area contributed by atoms with Gasteiger partial charge >= 0.3 is 0 Å². The summed E-state index contributed by atoms with van der Waals surface area (Å²) in [6.07, 6.45) is 0. The van der Waals surface area contributed by atoms with Gasteiger partial charge in [0.2, 0.25) is 5.91 Å². The van der Waals surface area contributed by atoms with E-state index in [2.05, 4.69) is 21.2 Å². The van der Waals surface area contributed by atoms with E-state index in [9.17, 15) is 24.5 Å². The molecule has 3 amide bonds. The molecule has 0 unspecified atom stereocenters. The van der Waals surface area contributed by atoms with Crippen LogP contribution in [0.25, 0.3) is 21.9 Å². The van der Waals surface area contributed by atoms with Crippen molar-refractivity contribution >= 4 is 61.5 Å². The van der Waals surface area contributed by atoms with Crippen molar-refractivity contribution in [2.45, 2.75) is 13.8 Å². The first-order chi connectivity index (χ1) is 17.2. The third-order valence-corrected chi connectivity index (χ3v) is 6.60. The average molecular weight is 544 g/mol. The van der Waals surface area contributed by atoms with E-state index >= 15 is 0 Å². The number of anilines is 2. The number of rotatable bonds is 4. The molecule has 36 heavy (non-hydrogen) atoms. The molecule has 9 heteroatoms. The van der Waals surface area contributed by atoms with Crippen LogP contribution < -0.4 is 10.2 Å². The minimum atomic E-state index is -0.654. The highest BCUT2D eigenvalue weighted by atomic mass is 79.9. The summed E-state index contributed by atoms with van der Waals surface area (Å²) in [7, 11) is 0. The number of amides is 3. The van der Waals surface area contributed by atoms with Crippen LogP contribution in [0.5, 0.6) is 0 Å². The largest absolute Gasteiger partial charge is 0.326 e. The Morgan fingerprint density at radius 2 is 1.64 bits per heavy atom. The van der Waals surface area contributed by atoms with Gasteiger partial charge in [0.15, 0.2) is 0 Å². The van der Waals surface area contributed by atoms with Gasteiger partial charge in [0, 0.05) is 34.1 Å². The van der Waals surface area contributed by atoms with E-state index in [4.69, 9.17) is 0 Å². The molecule has 1 aliphatic rings. The number of nitrogens with one attached hydrogen (secondary N) is 1. The Morgan fingerprint density at radius 1 is 0.944 bits per heavy atom. The number of hydrogen-bond donors (Lipinski definition) is 1. The molecule has 0 saturated carbocycles. The predicted octanol–water partition coefficient (Wildman–Crippen LogP) is 6.24. The fourth-order valence-corrected chi connectivity index (χ4v) is 5.09. The van der Waals surface area contributed by atoms with Crippen LogP contribution in [0.1, 0.15) is 33.2 Å². The number of aryl methyl sites for hydroxylation is 1. The maximum absolute atomic E-state index is 13.6. The number of imide groups is 1. The lowest BCUT2D eigenvalue weighted by atomic mass is 9.86. The van der Waals surface area contributed by atoms with Crippen LogP contribution in [0.3, 0.4) is 0 Å². The summed E-state index contributed by atoms with van der Waals surface area (Å²) in [5.74, 6) is -1.44. The van der Waals surface area contributed by atoms with Crippen LogP contribution in [0, 0.1) is 17.0 Å². The quantitative estimate of drug-likeness (QED) is 0.186. The normalized spacial score (nSPS) is 12.7. The molecule has 0 radical (unpaired) electrons. The number of nitrogens with zero attached hydrogens (tertiary/aromatic N) is 2. The minimum Gasteiger partial charge on any atom is -0.326 e. The Labute approximate surface area is 213 Å². The van der Waals surface area contributed by atoms with E-state index in [0.29, 0.717) is 27.6 Å². The fraction of sp³-hybridized carbons (Fsp3) is 0.0741. The number of carbonyl (C=O) groups excluding carboxylic acids is 3. The Hall–Kier alpha value is -4.37. The fourth-order valence-electron chi connectivity index (χ4n) is 4.62. The summed E-state index contributed by atoms with van der Waals surface area (Å²) in [6.45, 7) is 3.22. The first kappa shape index (κ1) is 23.4. The Bertz CT molecular complexity index is 1630. The zero-order valence-corrected chi connectivity index (χ0v) is 20.8. The van der Waals surface area contributed by atoms with Gasteiger partial charge in [-0.15, -0.1) is 0 Å². The maximum Gasteiger partial charge on any atom is 0.278 e. The maximum atomic E-state index is 13.6. The summed E-state index contributed by atoms with van der Waals surface area (Å²) < 4.78 is 0.833. The number of hydrogen-bond acceptors (Lipinski definition) is 5. The molecule has 1 heterocycles. The molecule has 8 nitrogen and oxygen atoms in total. The first-order valence-electron chi connectivity index (χ1n) is 10.9. The lowest BCUT2D eigenvalue weighted by molar-refractivity contribution is -0.384. The molecule has 4 aromatic carbocycles. The van der Waals surface area contributed by atoms with Crippen molar-refractivity contribution in [2.75, 3.05) is 10.2 Å². The van der Waals surface area contributed by atoms with Crippen molar-refractivity contribution in [1.29, 1.82) is 0 Å². The standard InChI is InChI=1S/C27H18BrN3O5/c1-14-12-16(28)6-11-19(14)25-20-4-3-5-21-24(20)22(13-23(25)31(35)36)27(34)30(26(21)33)18-9-7-17(8-10-18)29-15(2)32/h3-13H,1-2H3,(H,29,32). The summed E-state index contributed by atoms with van der Waals surface area (Å²) in [5.41, 5.74) is 2.75. The zero-order chi connectivity index (χ0) is 25.7. The van der Waals surface area contributed by atoms with E-state index in [1.165, 1.54) is 13.0 Å². The van der Waals surface area contributed by atoms with Crippen molar-refractivity contribution in [2.24, 2.45) is 0 Å². The third kappa shape index (κ3) is 3.74. The molecule has 4 aromatic rings. The van der Waals surface area contributed by atoms with Gasteiger partial charge in [-0.2, -0.15) is 0 Å². The molecule has 1 N–H and O–H groups in total. The van der Waals surface area contributed by atoms with Gasteiger partial charge in [0.1, 0.15) is 0 Å². The Morgan fingerprint density at radius 3 is 2.28 bits per heavy atom. The highest BCUT2D eigenvalue weighted by Crippen LogP contribution is 2.44. The van der Waals surface area contributed by atoms with Crippen LogP contribution in [0.15, 0.2) is 71.2 Å². The summed E-state index contributed by atoms with van der Waals surface area (Å²) >= 11 is 3.42. The van der Waals surface area contributed by atoms with Crippen molar-refractivity contribution < 1.29 is 19.3 Å². The molecular weight excluding hydrogens is 526 g/mol. The molecular formula is C27H18BrN3O5. The van der Waals surface area contributed by atoms with Crippen molar-refractivity contribution in [3.05, 3.63) is 98.0 Å². The third-order valence-electron chi connectivity index (χ3n) is 6.11. The highest BCUT2D eigenvalue weighted by Gasteiger charge is 2.37. The summed E-state index contributed by atoms with van der Waals surface area (Å²) in [5, 5.41) is 15.7. The Balaban J connectivity index is 1.74. The SMILES string of the molecule is CC(=O)Nc1ccc(N2C(=O)c3cccc4c(-c5ccc(Br)cc5C)c([N+](=O)[O-])cc(c34)C2=O)cc1. The van der Waals surface area contributed by atoms with Gasteiger partial charge in [-0.25, -0.2) is 4.90 Å². The van der Waals surface area contributed by atoms with Crippen LogP contribution in [-0.2, 0) is 4.79 Å². The smallest absolute Gasteiger partial charge is 0.278 e. The number of nitro benzene ring substituents is 1. The molecule has 0 aromatic heterocycles. The minimum absolute atomic E-state index is 0.0800. The lowest BCUT2D eigenvalue weighted by Gasteiger charge is -2.28. The second-order valence-electron chi connectivity index (χ2n) is 8.44. The van der Waals surface area contributed by atoms with Crippen LogP contribution >= 0.6 is 15.9 Å². The van der Waals surface area contributed by atoms with Gasteiger partial charge in [0.25, 0.3) is 17.5 Å². The second kappa shape index (κ2) is 8.69. The molecule has 0 saturated heterocycles. The number of carbonyl (C=O) groups is 3. The number of benzene rings is 4. The number of nitro groups is 1. The molecule has 0 aliphatic carbocycles. The molecule has 0 bridgehead atoms. The van der Waals surface area contributed by atoms with Gasteiger partial charge in [0.05, 0.1) is 21.7 Å². The molecule has 1 aliphatic heterocycles. The van der Waals surface area contributed by atoms with Crippen molar-refractivity contribution in [1.82, 2.24) is 0 Å². The van der Waals surface area contributed by atoms with E-state index in [1.807, 2.05) is 13.0 Å². The van der Waals surface area contributed by atoms with E-state index in [-0.39, 0.29) is 28.4 Å². The highest BCUT2D eigenvalue weighted by molar-refractivity contribution is 9.10. The van der Waals surface area contributed by atoms with Gasteiger partial charge in [-0.3, -0.25) is 24.5 Å². The van der Waals surface area contributed by atoms with Gasteiger partial charge < -0.3 is 5.32 Å². The number of halogens is 1. The Kier molecular flexibility index (Phi) is 5.64. The predicted molar refractivity (Wildman–Crippen MR) is 140 cm³/mol. The van der Waals surface area contributed by atoms with Crippen LogP contribution in [0.2, 0.25) is 0 Å². The van der Waals surface area contributed by atoms with E-state index in [1.54, 1.807) is 54.6 Å². The topological polar surface area (TPSA) is 110 Å². The second-order valence-corrected chi connectivity index (χ2v) is 9.35. The van der Waals surface area contributed by atoms with Crippen molar-refractivity contribution in [3.8, 4) is 11.1 Å². The molecule has 0 fully saturated rings. The average Bonchev–Trinajstić information content (AvgIpc) is 2.83. The van der Waals surface area contributed by atoms with Crippen molar-refractivity contribution in [3.63, 3.8) is 0 Å². The molecule has 0 atom stereocenters. The first-order valence-corrected chi connectivity index (χ1v) is 11.7. The van der Waals surface area contributed by atoms with Crippen LogP contribution in [0.4, 0.5) is 17.1 Å². The van der Waals surface area contributed by atoms with E-state index < -0.39 is 16.7 Å². The molecule has 5 rings (SSSR count). The van der Waals surface area contributed by atoms with Gasteiger partial charge in [-0.05, 0) is 65.9 Å². The van der Waals surface area contributed by atoms with Gasteiger partial charge in [-0.1, -0.05) is 34.1 Å². The summed E-state index contributed by atoms with van der Waals surface area (Å²) in [4.78, 5) is 51.2.